The molecule has 1 aliphatic rings. The van der Waals surface area contributed by atoms with Crippen LogP contribution in [0.4, 0.5) is 13.2 Å². The maximum atomic E-state index is 12.1. The second-order valence-electron chi connectivity index (χ2n) is 4.84. The number of nitrogens with zero attached hydrogens (tertiary/aromatic N) is 1. The lowest BCUT2D eigenvalue weighted by Gasteiger charge is -2.23. The second kappa shape index (κ2) is 4.19. The molecule has 0 saturated carbocycles. The van der Waals surface area contributed by atoms with Crippen molar-refractivity contribution in [3.63, 3.8) is 0 Å². The van der Waals surface area contributed by atoms with E-state index in [9.17, 15) is 13.2 Å². The van der Waals surface area contributed by atoms with Gasteiger partial charge in [-0.25, -0.2) is 0 Å². The Balaban J connectivity index is 2.32. The van der Waals surface area contributed by atoms with Crippen molar-refractivity contribution in [3.05, 3.63) is 29.3 Å². The molecule has 3 nitrogen and oxygen atoms in total. The van der Waals surface area contributed by atoms with Crippen LogP contribution in [0.5, 0.6) is 5.75 Å². The van der Waals surface area contributed by atoms with Crippen LogP contribution in [-0.4, -0.2) is 18.1 Å². The number of hydrogen-bond acceptors (Lipinski definition) is 3. The summed E-state index contributed by atoms with van der Waals surface area (Å²) in [6.07, 6.45) is -2.50. The fourth-order valence-electron chi connectivity index (χ4n) is 1.85. The average molecular weight is 258 g/mol. The highest BCUT2D eigenvalue weighted by molar-refractivity contribution is 5.82. The van der Waals surface area contributed by atoms with Crippen molar-refractivity contribution < 1.29 is 17.9 Å². The Morgan fingerprint density at radius 3 is 2.72 bits per heavy atom. The minimum Gasteiger partial charge on any atom is -0.406 e. The van der Waals surface area contributed by atoms with E-state index in [1.807, 2.05) is 13.8 Å². The smallest absolute Gasteiger partial charge is 0.406 e. The van der Waals surface area contributed by atoms with Crippen LogP contribution in [0.2, 0.25) is 0 Å². The third kappa shape index (κ3) is 3.15. The quantitative estimate of drug-likeness (QED) is 0.840. The van der Waals surface area contributed by atoms with E-state index in [1.54, 1.807) is 12.3 Å². The van der Waals surface area contributed by atoms with Gasteiger partial charge in [0.05, 0.1) is 11.8 Å². The van der Waals surface area contributed by atoms with Crippen LogP contribution < -0.4 is 10.2 Å². The van der Waals surface area contributed by atoms with Crippen molar-refractivity contribution >= 4 is 6.21 Å². The van der Waals surface area contributed by atoms with E-state index in [0.29, 0.717) is 6.42 Å². The van der Waals surface area contributed by atoms with E-state index in [2.05, 4.69) is 15.3 Å². The molecule has 0 aromatic heterocycles. The zero-order valence-electron chi connectivity index (χ0n) is 10.0. The summed E-state index contributed by atoms with van der Waals surface area (Å²) in [7, 11) is 0. The first kappa shape index (κ1) is 12.7. The van der Waals surface area contributed by atoms with Gasteiger partial charge in [0.25, 0.3) is 0 Å². The second-order valence-corrected chi connectivity index (χ2v) is 4.84. The highest BCUT2D eigenvalue weighted by Gasteiger charge is 2.31. The Kier molecular flexibility index (Phi) is 2.96. The number of hydrogen-bond donors (Lipinski definition) is 1. The molecule has 0 amide bonds. The fraction of sp³-hybridized carbons (Fsp3) is 0.417. The van der Waals surface area contributed by atoms with Gasteiger partial charge in [-0.1, -0.05) is 0 Å². The predicted octanol–water partition coefficient (Wildman–Crippen LogP) is 2.84. The maximum absolute atomic E-state index is 12.1. The molecule has 0 atom stereocenters. The molecule has 0 radical (unpaired) electrons. The number of nitrogens with one attached hydrogen (secondary N) is 1. The summed E-state index contributed by atoms with van der Waals surface area (Å²) in [6.45, 7) is 3.85. The number of fused-ring (bicyclic) bond motifs is 1. The van der Waals surface area contributed by atoms with Crippen molar-refractivity contribution in [2.75, 3.05) is 0 Å². The number of halogens is 3. The summed E-state index contributed by atoms with van der Waals surface area (Å²) < 4.78 is 40.3. The molecule has 1 N–H and O–H groups in total. The molecule has 6 heteroatoms. The van der Waals surface area contributed by atoms with E-state index >= 15 is 0 Å². The lowest BCUT2D eigenvalue weighted by atomic mass is 9.93. The van der Waals surface area contributed by atoms with Gasteiger partial charge in [-0.15, -0.1) is 13.2 Å². The van der Waals surface area contributed by atoms with Crippen molar-refractivity contribution in [3.8, 4) is 5.75 Å². The minimum atomic E-state index is -4.67. The van der Waals surface area contributed by atoms with Crippen LogP contribution in [0.1, 0.15) is 25.0 Å². The molecule has 0 fully saturated rings. The van der Waals surface area contributed by atoms with Crippen LogP contribution >= 0.6 is 0 Å². The SMILES string of the molecule is CC1(C)Cc2cc(OC(F)(F)F)ccc2C=NN1. The molecule has 1 aromatic carbocycles. The topological polar surface area (TPSA) is 33.6 Å². The van der Waals surface area contributed by atoms with Crippen molar-refractivity contribution in [2.24, 2.45) is 5.10 Å². The summed E-state index contributed by atoms with van der Waals surface area (Å²) in [5.41, 5.74) is 4.20. The molecule has 1 heterocycles. The third-order valence-electron chi connectivity index (χ3n) is 2.55. The summed E-state index contributed by atoms with van der Waals surface area (Å²) in [5, 5.41) is 4.03. The van der Waals surface area contributed by atoms with E-state index < -0.39 is 6.36 Å². The number of hydrazone groups is 1. The van der Waals surface area contributed by atoms with Gasteiger partial charge in [0.1, 0.15) is 5.75 Å². The van der Waals surface area contributed by atoms with Crippen molar-refractivity contribution in [2.45, 2.75) is 32.2 Å². The zero-order chi connectivity index (χ0) is 13.4. The van der Waals surface area contributed by atoms with Gasteiger partial charge >= 0.3 is 6.36 Å². The van der Waals surface area contributed by atoms with Crippen LogP contribution in [0, 0.1) is 0 Å². The van der Waals surface area contributed by atoms with Gasteiger partial charge in [0, 0.05) is 0 Å². The van der Waals surface area contributed by atoms with Crippen molar-refractivity contribution in [1.82, 2.24) is 5.43 Å². The number of rotatable bonds is 1. The van der Waals surface area contributed by atoms with Gasteiger partial charge in [-0.3, -0.25) is 0 Å². The van der Waals surface area contributed by atoms with Gasteiger partial charge in [-0.2, -0.15) is 5.10 Å². The Morgan fingerprint density at radius 1 is 1.33 bits per heavy atom. The van der Waals surface area contributed by atoms with Gasteiger partial charge in [-0.05, 0) is 49.6 Å². The molecule has 98 valence electrons. The molecule has 1 aliphatic heterocycles. The highest BCUT2D eigenvalue weighted by atomic mass is 19.4. The van der Waals surface area contributed by atoms with E-state index in [4.69, 9.17) is 0 Å². The average Bonchev–Trinajstić information content (AvgIpc) is 2.31. The summed E-state index contributed by atoms with van der Waals surface area (Å²) in [4.78, 5) is 0. The third-order valence-corrected chi connectivity index (χ3v) is 2.55. The van der Waals surface area contributed by atoms with Crippen LogP contribution in [0.25, 0.3) is 0 Å². The Bertz CT molecular complexity index is 481. The minimum absolute atomic E-state index is 0.202. The first-order chi connectivity index (χ1) is 8.25. The first-order valence-corrected chi connectivity index (χ1v) is 5.44. The van der Waals surface area contributed by atoms with E-state index in [0.717, 1.165) is 11.1 Å². The molecular formula is C12H13F3N2O. The monoisotopic (exact) mass is 258 g/mol. The molecular weight excluding hydrogens is 245 g/mol. The van der Waals surface area contributed by atoms with Gasteiger partial charge in [0.2, 0.25) is 0 Å². The molecule has 18 heavy (non-hydrogen) atoms. The lowest BCUT2D eigenvalue weighted by Crippen LogP contribution is -2.36. The Morgan fingerprint density at radius 2 is 2.06 bits per heavy atom. The van der Waals surface area contributed by atoms with Crippen LogP contribution in [0.3, 0.4) is 0 Å². The van der Waals surface area contributed by atoms with E-state index in [1.165, 1.54) is 12.1 Å². The lowest BCUT2D eigenvalue weighted by molar-refractivity contribution is -0.274. The molecule has 0 bridgehead atoms. The molecule has 1 aromatic rings. The van der Waals surface area contributed by atoms with Gasteiger partial charge < -0.3 is 10.2 Å². The van der Waals surface area contributed by atoms with Crippen LogP contribution in [-0.2, 0) is 6.42 Å². The number of alkyl halides is 3. The maximum Gasteiger partial charge on any atom is 0.573 e. The van der Waals surface area contributed by atoms with Gasteiger partial charge in [0.15, 0.2) is 0 Å². The molecule has 0 spiro atoms. The predicted molar refractivity (Wildman–Crippen MR) is 61.6 cm³/mol. The first-order valence-electron chi connectivity index (χ1n) is 5.44. The van der Waals surface area contributed by atoms with E-state index in [-0.39, 0.29) is 11.3 Å². The molecule has 0 unspecified atom stereocenters. The number of benzene rings is 1. The Labute approximate surface area is 103 Å². The summed E-state index contributed by atoms with van der Waals surface area (Å²) in [6, 6.07) is 4.27. The summed E-state index contributed by atoms with van der Waals surface area (Å²) >= 11 is 0. The molecule has 0 saturated heterocycles. The molecule has 0 aliphatic carbocycles. The fourth-order valence-corrected chi connectivity index (χ4v) is 1.85. The van der Waals surface area contributed by atoms with Crippen LogP contribution in [0.15, 0.2) is 23.3 Å². The standard InChI is InChI=1S/C12H13F3N2O/c1-11(2)6-9-5-10(18-12(13,14)15)4-3-8(9)7-16-17-11/h3-5,7,17H,6H2,1-2H3. The normalized spacial score (nSPS) is 17.6. The zero-order valence-corrected chi connectivity index (χ0v) is 10.0. The highest BCUT2D eigenvalue weighted by Crippen LogP contribution is 2.27. The van der Waals surface area contributed by atoms with Crippen molar-refractivity contribution in [1.29, 1.82) is 0 Å². The molecule has 2 rings (SSSR count). The summed E-state index contributed by atoms with van der Waals surface area (Å²) in [5.74, 6) is -0.202. The number of ether oxygens (including phenoxy) is 1. The Hall–Kier alpha value is -1.72. The largest absolute Gasteiger partial charge is 0.573 e.